The van der Waals surface area contributed by atoms with Gasteiger partial charge in [-0.05, 0) is 42.8 Å². The number of nitrogens with one attached hydrogen (secondary N) is 1. The molecule has 1 aliphatic rings. The predicted octanol–water partition coefficient (Wildman–Crippen LogP) is 5.49. The minimum absolute atomic E-state index is 0.0788. The van der Waals surface area contributed by atoms with E-state index in [9.17, 15) is 4.79 Å². The summed E-state index contributed by atoms with van der Waals surface area (Å²) < 4.78 is 11.9. The molecule has 1 N–H and O–H groups in total. The zero-order valence-corrected chi connectivity index (χ0v) is 17.9. The van der Waals surface area contributed by atoms with Crippen LogP contribution in [0.5, 0.6) is 11.5 Å². The van der Waals surface area contributed by atoms with Crippen molar-refractivity contribution in [2.24, 2.45) is 0 Å². The fourth-order valence-electron chi connectivity index (χ4n) is 3.70. The molecular formula is C25H29N3O3. The Kier molecular flexibility index (Phi) is 6.87. The van der Waals surface area contributed by atoms with Crippen LogP contribution in [-0.4, -0.2) is 41.7 Å². The molecular weight excluding hydrogens is 390 g/mol. The number of rotatable bonds is 7. The molecule has 1 aromatic heterocycles. The first-order valence-corrected chi connectivity index (χ1v) is 11.0. The van der Waals surface area contributed by atoms with Gasteiger partial charge in [-0.25, -0.2) is 4.79 Å². The topological polar surface area (TPSA) is 63.7 Å². The van der Waals surface area contributed by atoms with Gasteiger partial charge in [0.1, 0.15) is 23.1 Å². The van der Waals surface area contributed by atoms with Crippen molar-refractivity contribution in [1.29, 1.82) is 0 Å². The number of carbonyl (C=O) groups excluding carboxylic acids is 1. The maximum Gasteiger partial charge on any atom is 0.321 e. The number of unbranched alkanes of at least 4 members (excludes halogenated alkanes) is 1. The number of fused-ring (bicyclic) bond motifs is 1. The normalized spacial score (nSPS) is 14.4. The highest BCUT2D eigenvalue weighted by atomic mass is 16.5. The monoisotopic (exact) mass is 419 g/mol. The minimum atomic E-state index is -0.0788. The van der Waals surface area contributed by atoms with Gasteiger partial charge in [-0.3, -0.25) is 4.98 Å². The lowest BCUT2D eigenvalue weighted by Crippen LogP contribution is -2.43. The second-order valence-electron chi connectivity index (χ2n) is 7.79. The zero-order valence-electron chi connectivity index (χ0n) is 17.9. The average Bonchev–Trinajstić information content (AvgIpc) is 2.81. The Hall–Kier alpha value is -3.28. The van der Waals surface area contributed by atoms with Gasteiger partial charge in [0, 0.05) is 43.2 Å². The maximum atomic E-state index is 12.6. The van der Waals surface area contributed by atoms with Gasteiger partial charge >= 0.3 is 6.03 Å². The van der Waals surface area contributed by atoms with Crippen LogP contribution >= 0.6 is 0 Å². The Bertz CT molecular complexity index is 993. The highest BCUT2D eigenvalue weighted by molar-refractivity contribution is 5.89. The summed E-state index contributed by atoms with van der Waals surface area (Å²) >= 11 is 0. The average molecular weight is 420 g/mol. The third kappa shape index (κ3) is 5.45. The molecule has 0 aliphatic carbocycles. The quantitative estimate of drug-likeness (QED) is 0.515. The van der Waals surface area contributed by atoms with Crippen LogP contribution < -0.4 is 14.8 Å². The molecule has 1 saturated heterocycles. The van der Waals surface area contributed by atoms with Crippen molar-refractivity contribution in [2.75, 3.05) is 25.0 Å². The number of pyridine rings is 1. The summed E-state index contributed by atoms with van der Waals surface area (Å²) in [7, 11) is 0. The maximum absolute atomic E-state index is 12.6. The number of likely N-dealkylation sites (tertiary alicyclic amines) is 1. The van der Waals surface area contributed by atoms with Crippen LogP contribution in [0.4, 0.5) is 10.5 Å². The molecule has 0 saturated carbocycles. The summed E-state index contributed by atoms with van der Waals surface area (Å²) in [6.45, 7) is 4.17. The molecule has 0 atom stereocenters. The van der Waals surface area contributed by atoms with E-state index in [0.717, 1.165) is 53.8 Å². The van der Waals surface area contributed by atoms with Crippen molar-refractivity contribution >= 4 is 22.6 Å². The van der Waals surface area contributed by atoms with Crippen LogP contribution in [0.3, 0.4) is 0 Å². The summed E-state index contributed by atoms with van der Waals surface area (Å²) in [6.07, 6.45) is 5.59. The molecule has 1 aliphatic heterocycles. The molecule has 6 heteroatoms. The molecule has 2 heterocycles. The molecule has 31 heavy (non-hydrogen) atoms. The van der Waals surface area contributed by atoms with E-state index in [2.05, 4.69) is 17.2 Å². The number of para-hydroxylation sites is 1. The van der Waals surface area contributed by atoms with Crippen LogP contribution in [0.15, 0.2) is 60.8 Å². The first-order valence-electron chi connectivity index (χ1n) is 11.0. The molecule has 0 spiro atoms. The van der Waals surface area contributed by atoms with Gasteiger partial charge in [0.15, 0.2) is 0 Å². The molecule has 2 amide bonds. The van der Waals surface area contributed by atoms with E-state index in [0.29, 0.717) is 19.7 Å². The second kappa shape index (κ2) is 10.2. The smallest absolute Gasteiger partial charge is 0.321 e. The third-order valence-electron chi connectivity index (χ3n) is 5.49. The Balaban J connectivity index is 1.27. The Morgan fingerprint density at radius 1 is 1.10 bits per heavy atom. The minimum Gasteiger partial charge on any atom is -0.494 e. The molecule has 0 unspecified atom stereocenters. The van der Waals surface area contributed by atoms with Gasteiger partial charge in [0.25, 0.3) is 0 Å². The molecule has 4 rings (SSSR count). The lowest BCUT2D eigenvalue weighted by atomic mass is 10.1. The Labute approximate surface area is 183 Å². The Morgan fingerprint density at radius 3 is 2.65 bits per heavy atom. The van der Waals surface area contributed by atoms with E-state index in [1.54, 1.807) is 6.20 Å². The highest BCUT2D eigenvalue weighted by Gasteiger charge is 2.24. The van der Waals surface area contributed by atoms with Gasteiger partial charge in [-0.15, -0.1) is 0 Å². The van der Waals surface area contributed by atoms with Gasteiger partial charge in [0.05, 0.1) is 6.61 Å². The van der Waals surface area contributed by atoms with Crippen LogP contribution in [0.2, 0.25) is 0 Å². The number of aromatic nitrogens is 1. The van der Waals surface area contributed by atoms with Crippen molar-refractivity contribution in [3.8, 4) is 11.5 Å². The number of hydrogen-bond acceptors (Lipinski definition) is 4. The molecule has 1 fully saturated rings. The number of urea groups is 1. The van der Waals surface area contributed by atoms with Gasteiger partial charge in [-0.2, -0.15) is 0 Å². The largest absolute Gasteiger partial charge is 0.494 e. The van der Waals surface area contributed by atoms with Crippen molar-refractivity contribution < 1.29 is 14.3 Å². The number of piperidine rings is 1. The highest BCUT2D eigenvalue weighted by Crippen LogP contribution is 2.26. The summed E-state index contributed by atoms with van der Waals surface area (Å²) in [5, 5.41) is 4.04. The summed E-state index contributed by atoms with van der Waals surface area (Å²) in [4.78, 5) is 18.9. The third-order valence-corrected chi connectivity index (χ3v) is 5.49. The number of carbonyl (C=O) groups is 1. The molecule has 0 radical (unpaired) electrons. The predicted molar refractivity (Wildman–Crippen MR) is 123 cm³/mol. The SMILES string of the molecule is CCCCOc1ccc(NC(=O)N2CCC(Oc3cccc4cccnc34)CC2)cc1. The fraction of sp³-hybridized carbons (Fsp3) is 0.360. The zero-order chi connectivity index (χ0) is 21.5. The summed E-state index contributed by atoms with van der Waals surface area (Å²) in [5.41, 5.74) is 1.65. The van der Waals surface area contributed by atoms with E-state index in [1.165, 1.54) is 0 Å². The number of anilines is 1. The van der Waals surface area contributed by atoms with Crippen molar-refractivity contribution in [1.82, 2.24) is 9.88 Å². The molecule has 6 nitrogen and oxygen atoms in total. The van der Waals surface area contributed by atoms with E-state index in [4.69, 9.17) is 9.47 Å². The van der Waals surface area contributed by atoms with Gasteiger partial charge in [-0.1, -0.05) is 31.5 Å². The van der Waals surface area contributed by atoms with Gasteiger partial charge < -0.3 is 19.7 Å². The number of amides is 2. The molecule has 2 aromatic carbocycles. The fourth-order valence-corrected chi connectivity index (χ4v) is 3.70. The van der Waals surface area contributed by atoms with Crippen molar-refractivity contribution in [3.63, 3.8) is 0 Å². The summed E-state index contributed by atoms with van der Waals surface area (Å²) in [5.74, 6) is 1.63. The molecule has 3 aromatic rings. The van der Waals surface area contributed by atoms with E-state index in [-0.39, 0.29) is 12.1 Å². The number of ether oxygens (including phenoxy) is 2. The molecule has 0 bridgehead atoms. The van der Waals surface area contributed by atoms with Crippen LogP contribution in [0.1, 0.15) is 32.6 Å². The van der Waals surface area contributed by atoms with Crippen LogP contribution in [0, 0.1) is 0 Å². The van der Waals surface area contributed by atoms with Crippen molar-refractivity contribution in [2.45, 2.75) is 38.7 Å². The second-order valence-corrected chi connectivity index (χ2v) is 7.79. The first kappa shape index (κ1) is 21.0. The van der Waals surface area contributed by atoms with E-state index >= 15 is 0 Å². The number of nitrogens with zero attached hydrogens (tertiary/aromatic N) is 2. The molecule has 162 valence electrons. The number of benzene rings is 2. The van der Waals surface area contributed by atoms with Crippen LogP contribution in [0.25, 0.3) is 10.9 Å². The first-order chi connectivity index (χ1) is 15.2. The van der Waals surface area contributed by atoms with Crippen molar-refractivity contribution in [3.05, 3.63) is 60.8 Å². The standard InChI is InChI=1S/C25H29N3O3/c1-2-3-18-30-21-11-9-20(10-12-21)27-25(29)28-16-13-22(14-17-28)31-23-8-4-6-19-7-5-15-26-24(19)23/h4-12,15,22H,2-3,13-14,16-18H2,1H3,(H,27,29). The van der Waals surface area contributed by atoms with E-state index < -0.39 is 0 Å². The lowest BCUT2D eigenvalue weighted by Gasteiger charge is -2.32. The Morgan fingerprint density at radius 2 is 1.87 bits per heavy atom. The van der Waals surface area contributed by atoms with E-state index in [1.807, 2.05) is 59.5 Å². The lowest BCUT2D eigenvalue weighted by molar-refractivity contribution is 0.116. The number of hydrogen-bond donors (Lipinski definition) is 1. The van der Waals surface area contributed by atoms with Gasteiger partial charge in [0.2, 0.25) is 0 Å². The van der Waals surface area contributed by atoms with Crippen LogP contribution in [-0.2, 0) is 0 Å². The summed E-state index contributed by atoms with van der Waals surface area (Å²) in [6, 6.07) is 17.4.